The zero-order valence-electron chi connectivity index (χ0n) is 16.4. The molecule has 31 heavy (non-hydrogen) atoms. The SMILES string of the molecule is Cc1cc2c(cc1Cc1sc3cccnc3c1S(=O)(=O)Nc1onc(C)c1Cl)OCO2. The lowest BCUT2D eigenvalue weighted by molar-refractivity contribution is 0.174. The zero-order valence-corrected chi connectivity index (χ0v) is 18.8. The van der Waals surface area contributed by atoms with Crippen LogP contribution in [0.5, 0.6) is 11.5 Å². The molecular weight excluding hydrogens is 462 g/mol. The van der Waals surface area contributed by atoms with Crippen molar-refractivity contribution in [1.82, 2.24) is 10.1 Å². The summed E-state index contributed by atoms with van der Waals surface area (Å²) in [5.41, 5.74) is 2.69. The molecule has 0 unspecified atom stereocenters. The Morgan fingerprint density at radius 3 is 2.74 bits per heavy atom. The number of hydrogen-bond donors (Lipinski definition) is 1. The summed E-state index contributed by atoms with van der Waals surface area (Å²) in [6.45, 7) is 3.75. The largest absolute Gasteiger partial charge is 0.454 e. The zero-order chi connectivity index (χ0) is 21.8. The number of benzene rings is 1. The van der Waals surface area contributed by atoms with Gasteiger partial charge in [0.15, 0.2) is 11.5 Å². The maximum Gasteiger partial charge on any atom is 0.267 e. The number of nitrogens with one attached hydrogen (secondary N) is 1. The number of aromatic nitrogens is 2. The van der Waals surface area contributed by atoms with Gasteiger partial charge in [-0.2, -0.15) is 0 Å². The van der Waals surface area contributed by atoms with Crippen LogP contribution in [0.25, 0.3) is 10.2 Å². The molecule has 1 aliphatic rings. The van der Waals surface area contributed by atoms with Crippen LogP contribution >= 0.6 is 22.9 Å². The van der Waals surface area contributed by atoms with E-state index >= 15 is 0 Å². The van der Waals surface area contributed by atoms with Gasteiger partial charge in [-0.15, -0.1) is 11.3 Å². The van der Waals surface area contributed by atoms with E-state index in [0.717, 1.165) is 15.8 Å². The van der Waals surface area contributed by atoms with Crippen LogP contribution in [0, 0.1) is 13.8 Å². The van der Waals surface area contributed by atoms with E-state index in [1.54, 1.807) is 19.2 Å². The van der Waals surface area contributed by atoms with E-state index in [9.17, 15) is 8.42 Å². The van der Waals surface area contributed by atoms with Crippen LogP contribution in [0.1, 0.15) is 21.7 Å². The predicted octanol–water partition coefficient (Wildman–Crippen LogP) is 4.67. The predicted molar refractivity (Wildman–Crippen MR) is 117 cm³/mol. The monoisotopic (exact) mass is 477 g/mol. The standard InChI is InChI=1S/C20H16ClN3O5S2/c1-10-6-13-14(28-9-27-13)7-12(10)8-16-19(18-15(30-16)4-3-5-22-18)31(25,26)24-20-17(21)11(2)23-29-20/h3-7,24H,8-9H2,1-2H3. The third kappa shape index (κ3) is 3.50. The fraction of sp³-hybridized carbons (Fsp3) is 0.200. The third-order valence-corrected chi connectivity index (χ3v) is 8.09. The lowest BCUT2D eigenvalue weighted by atomic mass is 10.0. The molecule has 0 saturated heterocycles. The lowest BCUT2D eigenvalue weighted by Crippen LogP contribution is -2.14. The van der Waals surface area contributed by atoms with E-state index in [-0.39, 0.29) is 22.6 Å². The average Bonchev–Trinajstić information content (AvgIpc) is 3.41. The summed E-state index contributed by atoms with van der Waals surface area (Å²) in [5, 5.41) is 3.82. The van der Waals surface area contributed by atoms with Crippen molar-refractivity contribution in [3.63, 3.8) is 0 Å². The highest BCUT2D eigenvalue weighted by molar-refractivity contribution is 7.93. The molecule has 1 aromatic carbocycles. The smallest absolute Gasteiger partial charge is 0.267 e. The fourth-order valence-corrected chi connectivity index (χ4v) is 6.44. The van der Waals surface area contributed by atoms with E-state index in [1.165, 1.54) is 11.3 Å². The minimum atomic E-state index is -4.06. The van der Waals surface area contributed by atoms with E-state index in [1.807, 2.05) is 25.1 Å². The number of aryl methyl sites for hydroxylation is 2. The van der Waals surface area contributed by atoms with Crippen molar-refractivity contribution in [3.05, 3.63) is 57.2 Å². The van der Waals surface area contributed by atoms with Crippen molar-refractivity contribution in [2.45, 2.75) is 25.2 Å². The molecular formula is C20H16ClN3O5S2. The minimum absolute atomic E-state index is 0.0929. The molecule has 0 aliphatic carbocycles. The highest BCUT2D eigenvalue weighted by Gasteiger charge is 2.29. The van der Waals surface area contributed by atoms with Crippen molar-refractivity contribution in [2.24, 2.45) is 0 Å². The van der Waals surface area contributed by atoms with E-state index in [0.29, 0.717) is 34.0 Å². The summed E-state index contributed by atoms with van der Waals surface area (Å²) in [6, 6.07) is 7.39. The van der Waals surface area contributed by atoms with Gasteiger partial charge in [0, 0.05) is 17.5 Å². The number of fused-ring (bicyclic) bond motifs is 2. The number of hydrogen-bond acceptors (Lipinski definition) is 8. The molecule has 0 bridgehead atoms. The number of ether oxygens (including phenoxy) is 2. The first-order chi connectivity index (χ1) is 14.8. The number of pyridine rings is 1. The normalized spacial score (nSPS) is 13.1. The molecule has 8 nitrogen and oxygen atoms in total. The summed E-state index contributed by atoms with van der Waals surface area (Å²) < 4.78 is 45.9. The van der Waals surface area contributed by atoms with Crippen molar-refractivity contribution < 1.29 is 22.4 Å². The lowest BCUT2D eigenvalue weighted by Gasteiger charge is -2.10. The van der Waals surface area contributed by atoms with Crippen LogP contribution in [0.15, 0.2) is 39.9 Å². The molecule has 0 spiro atoms. The summed E-state index contributed by atoms with van der Waals surface area (Å²) in [4.78, 5) is 5.05. The number of halogens is 1. The molecule has 0 amide bonds. The maximum absolute atomic E-state index is 13.4. The topological polar surface area (TPSA) is 104 Å². The third-order valence-electron chi connectivity index (χ3n) is 4.94. The van der Waals surface area contributed by atoms with E-state index < -0.39 is 10.0 Å². The number of thiophene rings is 1. The molecule has 0 radical (unpaired) electrons. The van der Waals surface area contributed by atoms with Gasteiger partial charge in [-0.05, 0) is 49.2 Å². The first-order valence-electron chi connectivity index (χ1n) is 9.23. The van der Waals surface area contributed by atoms with Gasteiger partial charge in [-0.3, -0.25) is 4.98 Å². The molecule has 11 heteroatoms. The fourth-order valence-electron chi connectivity index (χ4n) is 3.39. The molecule has 1 aliphatic heterocycles. The van der Waals surface area contributed by atoms with Crippen LogP contribution in [-0.2, 0) is 16.4 Å². The molecule has 4 aromatic rings. The van der Waals surface area contributed by atoms with Gasteiger partial charge in [0.2, 0.25) is 6.79 Å². The van der Waals surface area contributed by atoms with Gasteiger partial charge in [-0.25, -0.2) is 13.1 Å². The second kappa shape index (κ2) is 7.40. The number of nitrogens with zero attached hydrogens (tertiary/aromatic N) is 2. The van der Waals surface area contributed by atoms with Gasteiger partial charge >= 0.3 is 0 Å². The first kappa shape index (κ1) is 20.1. The van der Waals surface area contributed by atoms with Crippen molar-refractivity contribution >= 4 is 49.1 Å². The van der Waals surface area contributed by atoms with E-state index in [4.69, 9.17) is 25.6 Å². The highest BCUT2D eigenvalue weighted by Crippen LogP contribution is 2.40. The van der Waals surface area contributed by atoms with Crippen LogP contribution in [-0.4, -0.2) is 25.4 Å². The molecule has 5 rings (SSSR count). The van der Waals surface area contributed by atoms with Crippen molar-refractivity contribution in [1.29, 1.82) is 0 Å². The Kier molecular flexibility index (Phi) is 4.80. The minimum Gasteiger partial charge on any atom is -0.454 e. The molecule has 0 fully saturated rings. The first-order valence-corrected chi connectivity index (χ1v) is 11.9. The van der Waals surface area contributed by atoms with Gasteiger partial charge in [0.05, 0.1) is 4.70 Å². The summed E-state index contributed by atoms with van der Waals surface area (Å²) in [7, 11) is -4.06. The van der Waals surface area contributed by atoms with E-state index in [2.05, 4.69) is 14.9 Å². The molecule has 0 saturated carbocycles. The van der Waals surface area contributed by atoms with Crippen LogP contribution in [0.4, 0.5) is 5.88 Å². The van der Waals surface area contributed by atoms with Gasteiger partial charge in [0.1, 0.15) is 21.1 Å². The highest BCUT2D eigenvalue weighted by atomic mass is 35.5. The van der Waals surface area contributed by atoms with Crippen LogP contribution < -0.4 is 14.2 Å². The Morgan fingerprint density at radius 1 is 1.23 bits per heavy atom. The van der Waals surface area contributed by atoms with Crippen molar-refractivity contribution in [3.8, 4) is 11.5 Å². The van der Waals surface area contributed by atoms with Crippen LogP contribution in [0.2, 0.25) is 5.02 Å². The summed E-state index contributed by atoms with van der Waals surface area (Å²) >= 11 is 7.49. The number of sulfonamides is 1. The summed E-state index contributed by atoms with van der Waals surface area (Å²) in [5.74, 6) is 1.20. The molecule has 160 valence electrons. The molecule has 3 aromatic heterocycles. The Hall–Kier alpha value is -2.82. The quantitative estimate of drug-likeness (QED) is 0.445. The molecule has 1 N–H and O–H groups in total. The number of anilines is 1. The van der Waals surface area contributed by atoms with Crippen LogP contribution in [0.3, 0.4) is 0 Å². The molecule has 4 heterocycles. The maximum atomic E-state index is 13.4. The van der Waals surface area contributed by atoms with Gasteiger partial charge in [-0.1, -0.05) is 16.8 Å². The Bertz CT molecular complexity index is 1430. The van der Waals surface area contributed by atoms with Crippen molar-refractivity contribution in [2.75, 3.05) is 11.5 Å². The second-order valence-electron chi connectivity index (χ2n) is 7.03. The summed E-state index contributed by atoms with van der Waals surface area (Å²) in [6.07, 6.45) is 1.94. The Labute approximate surface area is 186 Å². The number of rotatable bonds is 5. The second-order valence-corrected chi connectivity index (χ2v) is 10.2. The van der Waals surface area contributed by atoms with Gasteiger partial charge in [0.25, 0.3) is 15.9 Å². The van der Waals surface area contributed by atoms with Gasteiger partial charge < -0.3 is 14.0 Å². The average molecular weight is 478 g/mol. The Morgan fingerprint density at radius 2 is 2.00 bits per heavy atom. The Balaban J connectivity index is 1.62. The molecule has 0 atom stereocenters.